The molecule has 0 unspecified atom stereocenters. The number of carbonyl (C=O) groups excluding carboxylic acids is 1. The van der Waals surface area contributed by atoms with E-state index < -0.39 is 17.5 Å². The van der Waals surface area contributed by atoms with E-state index >= 15 is 0 Å². The molecule has 11 heteroatoms. The lowest BCUT2D eigenvalue weighted by Crippen LogP contribution is -2.45. The Hall–Kier alpha value is -4.09. The van der Waals surface area contributed by atoms with Gasteiger partial charge < -0.3 is 19.7 Å². The molecule has 1 fully saturated rings. The van der Waals surface area contributed by atoms with Crippen molar-refractivity contribution in [3.05, 3.63) is 77.8 Å². The molecule has 3 heterocycles. The fraction of sp³-hybridized carbons (Fsp3) is 0.296. The Morgan fingerprint density at radius 3 is 2.61 bits per heavy atom. The number of hydrogen-bond acceptors (Lipinski definition) is 7. The zero-order valence-corrected chi connectivity index (χ0v) is 21.2. The summed E-state index contributed by atoms with van der Waals surface area (Å²) in [6, 6.07) is 9.50. The van der Waals surface area contributed by atoms with Crippen molar-refractivity contribution in [1.29, 1.82) is 0 Å². The molecule has 1 N–H and O–H groups in total. The van der Waals surface area contributed by atoms with Gasteiger partial charge in [-0.25, -0.2) is 13.3 Å². The number of anilines is 1. The highest BCUT2D eigenvalue weighted by atomic mass is 19.1. The van der Waals surface area contributed by atoms with Crippen molar-refractivity contribution in [1.82, 2.24) is 24.4 Å². The van der Waals surface area contributed by atoms with Crippen LogP contribution >= 0.6 is 0 Å². The van der Waals surface area contributed by atoms with E-state index in [-0.39, 0.29) is 22.9 Å². The molecule has 0 atom stereocenters. The molecular formula is C27H28F2N6O3. The topological polar surface area (TPSA) is 84.2 Å². The number of hydrogen-bond donors (Lipinski definition) is 1. The number of aromatic nitrogens is 3. The van der Waals surface area contributed by atoms with E-state index in [1.54, 1.807) is 16.8 Å². The zero-order valence-electron chi connectivity index (χ0n) is 21.2. The van der Waals surface area contributed by atoms with Gasteiger partial charge in [-0.3, -0.25) is 9.69 Å². The summed E-state index contributed by atoms with van der Waals surface area (Å²) in [6.07, 6.45) is 3.07. The maximum Gasteiger partial charge on any atom is 0.258 e. The van der Waals surface area contributed by atoms with E-state index in [0.29, 0.717) is 17.9 Å². The molecule has 0 spiro atoms. The molecule has 1 amide bonds. The monoisotopic (exact) mass is 522 g/mol. The smallest absolute Gasteiger partial charge is 0.258 e. The molecular weight excluding hydrogens is 494 g/mol. The first-order chi connectivity index (χ1) is 18.4. The highest BCUT2D eigenvalue weighted by Gasteiger charge is 2.19. The van der Waals surface area contributed by atoms with E-state index in [1.165, 1.54) is 36.7 Å². The molecule has 2 aromatic carbocycles. The number of nitrogens with zero attached hydrogens (tertiary/aromatic N) is 5. The summed E-state index contributed by atoms with van der Waals surface area (Å²) in [5.74, 6) is -1.35. The van der Waals surface area contributed by atoms with Gasteiger partial charge in [-0.15, -0.1) is 0 Å². The molecule has 0 saturated carbocycles. The minimum atomic E-state index is -0.721. The number of rotatable bonds is 8. The Kier molecular flexibility index (Phi) is 7.47. The van der Waals surface area contributed by atoms with Crippen LogP contribution in [0.25, 0.3) is 5.52 Å². The average Bonchev–Trinajstić information content (AvgIpc) is 3.23. The van der Waals surface area contributed by atoms with Gasteiger partial charge in [0, 0.05) is 50.0 Å². The summed E-state index contributed by atoms with van der Waals surface area (Å²) in [4.78, 5) is 21.2. The Bertz CT molecular complexity index is 1450. The third kappa shape index (κ3) is 5.58. The standard InChI is InChI=1S/C27H28F2N6O3/c1-18-24(37-14-13-34-11-9-33(2)10-12-34)16-35-25(18)27(30-17-31-35)38-23-8-7-19(15-22(23)29)32-26(36)20-5-3-4-6-21(20)28/h3-8,15-17H,9-14H2,1-2H3,(H,32,36). The lowest BCUT2D eigenvalue weighted by molar-refractivity contribution is 0.102. The molecule has 0 bridgehead atoms. The number of fused-ring (bicyclic) bond motifs is 1. The Labute approximate surface area is 218 Å². The van der Waals surface area contributed by atoms with Crippen molar-refractivity contribution in [3.63, 3.8) is 0 Å². The largest absolute Gasteiger partial charge is 0.490 e. The molecule has 1 aliphatic rings. The first-order valence-corrected chi connectivity index (χ1v) is 12.3. The number of piperazine rings is 1. The van der Waals surface area contributed by atoms with Crippen molar-refractivity contribution in [2.24, 2.45) is 0 Å². The van der Waals surface area contributed by atoms with Crippen LogP contribution in [-0.2, 0) is 0 Å². The summed E-state index contributed by atoms with van der Waals surface area (Å²) in [5, 5.41) is 6.73. The third-order valence-corrected chi connectivity index (χ3v) is 6.52. The van der Waals surface area contributed by atoms with Crippen LogP contribution in [0, 0.1) is 18.6 Å². The molecule has 38 heavy (non-hydrogen) atoms. The van der Waals surface area contributed by atoms with E-state index in [4.69, 9.17) is 9.47 Å². The number of aryl methyl sites for hydroxylation is 1. The quantitative estimate of drug-likeness (QED) is 0.375. The second-order valence-corrected chi connectivity index (χ2v) is 9.15. The third-order valence-electron chi connectivity index (χ3n) is 6.52. The van der Waals surface area contributed by atoms with Crippen molar-refractivity contribution >= 4 is 17.1 Å². The number of nitrogens with one attached hydrogen (secondary N) is 1. The molecule has 198 valence electrons. The number of amides is 1. The normalized spacial score (nSPS) is 14.5. The van der Waals surface area contributed by atoms with Crippen molar-refractivity contribution in [2.75, 3.05) is 51.7 Å². The maximum absolute atomic E-state index is 14.9. The lowest BCUT2D eigenvalue weighted by atomic mass is 10.2. The summed E-state index contributed by atoms with van der Waals surface area (Å²) < 4.78 is 42.2. The molecule has 2 aromatic heterocycles. The van der Waals surface area contributed by atoms with E-state index in [1.807, 2.05) is 6.92 Å². The van der Waals surface area contributed by atoms with Crippen LogP contribution in [0.4, 0.5) is 14.5 Å². The van der Waals surface area contributed by atoms with Crippen LogP contribution in [0.1, 0.15) is 15.9 Å². The van der Waals surface area contributed by atoms with Crippen LogP contribution in [-0.4, -0.2) is 76.7 Å². The highest BCUT2D eigenvalue weighted by Crippen LogP contribution is 2.33. The molecule has 5 rings (SSSR count). The number of carbonyl (C=O) groups is 1. The summed E-state index contributed by atoms with van der Waals surface area (Å²) in [5.41, 5.74) is 1.35. The Morgan fingerprint density at radius 2 is 1.84 bits per heavy atom. The van der Waals surface area contributed by atoms with Gasteiger partial charge in [0.2, 0.25) is 5.88 Å². The van der Waals surface area contributed by atoms with Gasteiger partial charge in [0.15, 0.2) is 11.6 Å². The zero-order chi connectivity index (χ0) is 26.6. The number of halogens is 2. The first-order valence-electron chi connectivity index (χ1n) is 12.3. The van der Waals surface area contributed by atoms with E-state index in [9.17, 15) is 13.6 Å². The van der Waals surface area contributed by atoms with Gasteiger partial charge in [-0.1, -0.05) is 12.1 Å². The van der Waals surface area contributed by atoms with Crippen molar-refractivity contribution in [2.45, 2.75) is 6.92 Å². The van der Waals surface area contributed by atoms with Crippen LogP contribution in [0.15, 0.2) is 55.0 Å². The van der Waals surface area contributed by atoms with Gasteiger partial charge in [-0.05, 0) is 38.2 Å². The SMILES string of the molecule is Cc1c(OCCN2CCN(C)CC2)cn2ncnc(Oc3ccc(NC(=O)c4ccccc4F)cc3F)c12. The minimum Gasteiger partial charge on any atom is -0.490 e. The van der Waals surface area contributed by atoms with Gasteiger partial charge in [-0.2, -0.15) is 10.1 Å². The lowest BCUT2D eigenvalue weighted by Gasteiger charge is -2.32. The Balaban J connectivity index is 1.27. The van der Waals surface area contributed by atoms with Crippen molar-refractivity contribution < 1.29 is 23.0 Å². The van der Waals surface area contributed by atoms with Gasteiger partial charge in [0.1, 0.15) is 30.0 Å². The maximum atomic E-state index is 14.9. The number of benzene rings is 2. The summed E-state index contributed by atoms with van der Waals surface area (Å²) in [7, 11) is 2.12. The number of likely N-dealkylation sites (N-methyl/N-ethyl adjacent to an activating group) is 1. The predicted octanol–water partition coefficient (Wildman–Crippen LogP) is 3.99. The second-order valence-electron chi connectivity index (χ2n) is 9.15. The predicted molar refractivity (Wildman–Crippen MR) is 138 cm³/mol. The van der Waals surface area contributed by atoms with E-state index in [0.717, 1.165) is 44.4 Å². The second kappa shape index (κ2) is 11.1. The Morgan fingerprint density at radius 1 is 1.05 bits per heavy atom. The van der Waals surface area contributed by atoms with Crippen LogP contribution in [0.5, 0.6) is 17.4 Å². The molecule has 1 aliphatic heterocycles. The van der Waals surface area contributed by atoms with Crippen LogP contribution in [0.3, 0.4) is 0 Å². The molecule has 4 aromatic rings. The van der Waals surface area contributed by atoms with Crippen LogP contribution < -0.4 is 14.8 Å². The minimum absolute atomic E-state index is 0.0902. The van der Waals surface area contributed by atoms with Gasteiger partial charge >= 0.3 is 0 Å². The van der Waals surface area contributed by atoms with Crippen LogP contribution in [0.2, 0.25) is 0 Å². The fourth-order valence-corrected chi connectivity index (χ4v) is 4.29. The van der Waals surface area contributed by atoms with Gasteiger partial charge in [0.05, 0.1) is 11.8 Å². The summed E-state index contributed by atoms with van der Waals surface area (Å²) >= 11 is 0. The van der Waals surface area contributed by atoms with E-state index in [2.05, 4.69) is 32.2 Å². The molecule has 0 radical (unpaired) electrons. The van der Waals surface area contributed by atoms with Gasteiger partial charge in [0.25, 0.3) is 5.91 Å². The molecule has 0 aliphatic carbocycles. The number of ether oxygens (including phenoxy) is 2. The average molecular weight is 523 g/mol. The van der Waals surface area contributed by atoms with Crippen molar-refractivity contribution in [3.8, 4) is 17.4 Å². The highest BCUT2D eigenvalue weighted by molar-refractivity contribution is 6.04. The molecule has 9 nitrogen and oxygen atoms in total. The first kappa shape index (κ1) is 25.6. The molecule has 1 saturated heterocycles. The fourth-order valence-electron chi connectivity index (χ4n) is 4.29. The summed E-state index contributed by atoms with van der Waals surface area (Å²) in [6.45, 7) is 7.32.